The maximum atomic E-state index is 11.9. The molecule has 4 heteroatoms. The monoisotopic (exact) mass is 233 g/mol. The third-order valence-electron chi connectivity index (χ3n) is 2.37. The zero-order chi connectivity index (χ0) is 12.7. The number of para-hydroxylation sites is 1. The second kappa shape index (κ2) is 6.54. The summed E-state index contributed by atoms with van der Waals surface area (Å²) in [6, 6.07) is 8.85. The molecule has 1 atom stereocenters. The third kappa shape index (κ3) is 3.49. The maximum Gasteiger partial charge on any atom is 0.342 e. The molecule has 0 amide bonds. The van der Waals surface area contributed by atoms with Gasteiger partial charge in [0.15, 0.2) is 0 Å². The molecule has 0 spiro atoms. The van der Waals surface area contributed by atoms with Crippen LogP contribution in [0.25, 0.3) is 0 Å². The lowest BCUT2D eigenvalue weighted by molar-refractivity contribution is 0.0300. The molecule has 0 fully saturated rings. The molecule has 1 rings (SSSR count). The summed E-state index contributed by atoms with van der Waals surface area (Å²) in [5.41, 5.74) is 0.381. The van der Waals surface area contributed by atoms with Gasteiger partial charge in [0, 0.05) is 0 Å². The Hall–Kier alpha value is -2.02. The molecular weight excluding hydrogens is 218 g/mol. The fourth-order valence-electron chi connectivity index (χ4n) is 1.40. The smallest absolute Gasteiger partial charge is 0.342 e. The van der Waals surface area contributed by atoms with Gasteiger partial charge in [0.1, 0.15) is 17.4 Å². The quantitative estimate of drug-likeness (QED) is 0.733. The number of benzene rings is 1. The lowest BCUT2D eigenvalue weighted by atomic mass is 10.2. The number of methoxy groups -OCH3 is 1. The van der Waals surface area contributed by atoms with E-state index in [0.29, 0.717) is 17.7 Å². The van der Waals surface area contributed by atoms with Gasteiger partial charge in [-0.3, -0.25) is 0 Å². The molecule has 1 aromatic rings. The van der Waals surface area contributed by atoms with Crippen molar-refractivity contribution in [3.05, 3.63) is 29.8 Å². The molecule has 0 heterocycles. The highest BCUT2D eigenvalue weighted by Crippen LogP contribution is 2.19. The normalized spacial score (nSPS) is 11.4. The second-order valence-electron chi connectivity index (χ2n) is 3.50. The maximum absolute atomic E-state index is 11.9. The first-order chi connectivity index (χ1) is 8.22. The second-order valence-corrected chi connectivity index (χ2v) is 3.50. The topological polar surface area (TPSA) is 59.3 Å². The Morgan fingerprint density at radius 3 is 2.76 bits per heavy atom. The zero-order valence-electron chi connectivity index (χ0n) is 9.97. The van der Waals surface area contributed by atoms with Crippen molar-refractivity contribution >= 4 is 5.97 Å². The number of hydrogen-bond acceptors (Lipinski definition) is 4. The van der Waals surface area contributed by atoms with Gasteiger partial charge in [-0.2, -0.15) is 5.26 Å². The van der Waals surface area contributed by atoms with Crippen LogP contribution in [0.15, 0.2) is 24.3 Å². The molecule has 0 aromatic heterocycles. The predicted molar refractivity (Wildman–Crippen MR) is 62.7 cm³/mol. The molecule has 0 saturated carbocycles. The van der Waals surface area contributed by atoms with Crippen LogP contribution in [-0.4, -0.2) is 19.2 Å². The number of nitriles is 1. The summed E-state index contributed by atoms with van der Waals surface area (Å²) in [5, 5.41) is 8.59. The van der Waals surface area contributed by atoms with Crippen LogP contribution in [0, 0.1) is 11.3 Å². The molecule has 0 aliphatic heterocycles. The molecule has 17 heavy (non-hydrogen) atoms. The average molecular weight is 233 g/mol. The van der Waals surface area contributed by atoms with Crippen LogP contribution >= 0.6 is 0 Å². The van der Waals surface area contributed by atoms with E-state index in [4.69, 9.17) is 14.7 Å². The zero-order valence-corrected chi connectivity index (χ0v) is 9.97. The van der Waals surface area contributed by atoms with Gasteiger partial charge >= 0.3 is 5.97 Å². The molecule has 1 unspecified atom stereocenters. The average Bonchev–Trinajstić information content (AvgIpc) is 2.38. The number of hydrogen-bond donors (Lipinski definition) is 0. The first-order valence-electron chi connectivity index (χ1n) is 5.43. The van der Waals surface area contributed by atoms with Crippen LogP contribution in [0.4, 0.5) is 0 Å². The van der Waals surface area contributed by atoms with Crippen molar-refractivity contribution in [3.63, 3.8) is 0 Å². The lowest BCUT2D eigenvalue weighted by Gasteiger charge is -2.14. The highest BCUT2D eigenvalue weighted by atomic mass is 16.5. The van der Waals surface area contributed by atoms with Crippen LogP contribution in [0.5, 0.6) is 5.75 Å². The van der Waals surface area contributed by atoms with Crippen molar-refractivity contribution in [2.45, 2.75) is 25.9 Å². The van der Waals surface area contributed by atoms with Gasteiger partial charge in [-0.1, -0.05) is 19.1 Å². The van der Waals surface area contributed by atoms with Gasteiger partial charge in [-0.15, -0.1) is 0 Å². The number of esters is 1. The molecular formula is C13H15NO3. The first kappa shape index (κ1) is 13.0. The van der Waals surface area contributed by atoms with E-state index < -0.39 is 5.97 Å². The molecule has 90 valence electrons. The van der Waals surface area contributed by atoms with Gasteiger partial charge in [0.25, 0.3) is 0 Å². The van der Waals surface area contributed by atoms with E-state index >= 15 is 0 Å². The number of carbonyl (C=O) groups is 1. The minimum Gasteiger partial charge on any atom is -0.496 e. The van der Waals surface area contributed by atoms with Crippen LogP contribution in [0.1, 0.15) is 30.1 Å². The molecule has 0 aliphatic carbocycles. The minimum absolute atomic E-state index is 0.206. The van der Waals surface area contributed by atoms with Gasteiger partial charge < -0.3 is 9.47 Å². The number of carbonyl (C=O) groups excluding carboxylic acids is 1. The minimum atomic E-state index is -0.454. The Balaban J connectivity index is 2.79. The molecule has 4 nitrogen and oxygen atoms in total. The van der Waals surface area contributed by atoms with Gasteiger partial charge in [-0.05, 0) is 18.6 Å². The van der Waals surface area contributed by atoms with Gasteiger partial charge in [0.2, 0.25) is 0 Å². The van der Waals surface area contributed by atoms with E-state index in [1.807, 2.05) is 13.0 Å². The van der Waals surface area contributed by atoms with E-state index in [1.165, 1.54) is 7.11 Å². The number of rotatable bonds is 5. The van der Waals surface area contributed by atoms with E-state index in [-0.39, 0.29) is 12.5 Å². The molecule has 0 aliphatic rings. The predicted octanol–water partition coefficient (Wildman–Crippen LogP) is 2.54. The Labute approximate surface area is 101 Å². The molecule has 0 radical (unpaired) electrons. The summed E-state index contributed by atoms with van der Waals surface area (Å²) in [7, 11) is 1.50. The number of ether oxygens (including phenoxy) is 2. The van der Waals surface area contributed by atoms with E-state index in [1.54, 1.807) is 24.3 Å². The highest BCUT2D eigenvalue weighted by molar-refractivity contribution is 5.92. The van der Waals surface area contributed by atoms with Crippen molar-refractivity contribution < 1.29 is 14.3 Å². The van der Waals surface area contributed by atoms with E-state index in [9.17, 15) is 4.79 Å². The van der Waals surface area contributed by atoms with Crippen molar-refractivity contribution in [2.75, 3.05) is 7.11 Å². The van der Waals surface area contributed by atoms with Crippen LogP contribution in [0.2, 0.25) is 0 Å². The van der Waals surface area contributed by atoms with Crippen molar-refractivity contribution in [1.29, 1.82) is 5.26 Å². The van der Waals surface area contributed by atoms with Crippen molar-refractivity contribution in [1.82, 2.24) is 0 Å². The molecule has 1 aromatic carbocycles. The lowest BCUT2D eigenvalue weighted by Crippen LogP contribution is -2.17. The summed E-state index contributed by atoms with van der Waals surface area (Å²) in [6.45, 7) is 1.87. The molecule has 0 bridgehead atoms. The fraction of sp³-hybridized carbons (Fsp3) is 0.385. The summed E-state index contributed by atoms with van der Waals surface area (Å²) in [5.74, 6) is 0.0221. The van der Waals surface area contributed by atoms with Crippen molar-refractivity contribution in [2.24, 2.45) is 0 Å². The molecule has 0 N–H and O–H groups in total. The van der Waals surface area contributed by atoms with Crippen LogP contribution in [0.3, 0.4) is 0 Å². The molecule has 0 saturated heterocycles. The van der Waals surface area contributed by atoms with Gasteiger partial charge in [0.05, 0.1) is 19.6 Å². The first-order valence-corrected chi connectivity index (χ1v) is 5.43. The number of nitrogens with zero attached hydrogens (tertiary/aromatic N) is 1. The fourth-order valence-corrected chi connectivity index (χ4v) is 1.40. The standard InChI is InChI=1S/C13H15NO3/c1-3-10(8-9-14)17-13(15)11-6-4-5-7-12(11)16-2/h4-7,10H,3,8H2,1-2H3. The summed E-state index contributed by atoms with van der Waals surface area (Å²) in [6.07, 6.45) is 0.462. The Bertz CT molecular complexity index is 423. The highest BCUT2D eigenvalue weighted by Gasteiger charge is 2.17. The van der Waals surface area contributed by atoms with Crippen LogP contribution < -0.4 is 4.74 Å². The summed E-state index contributed by atoms with van der Waals surface area (Å²) < 4.78 is 10.3. The van der Waals surface area contributed by atoms with Crippen LogP contribution in [-0.2, 0) is 4.74 Å². The van der Waals surface area contributed by atoms with E-state index in [0.717, 1.165) is 0 Å². The Morgan fingerprint density at radius 1 is 1.47 bits per heavy atom. The summed E-state index contributed by atoms with van der Waals surface area (Å²) >= 11 is 0. The Kier molecular flexibility index (Phi) is 5.02. The van der Waals surface area contributed by atoms with Crippen molar-refractivity contribution in [3.8, 4) is 11.8 Å². The Morgan fingerprint density at radius 2 is 2.18 bits per heavy atom. The summed E-state index contributed by atoms with van der Waals surface area (Å²) in [4.78, 5) is 11.9. The SMILES string of the molecule is CCC(CC#N)OC(=O)c1ccccc1OC. The third-order valence-corrected chi connectivity index (χ3v) is 2.37. The van der Waals surface area contributed by atoms with Gasteiger partial charge in [-0.25, -0.2) is 4.79 Å². The largest absolute Gasteiger partial charge is 0.496 e. The van der Waals surface area contributed by atoms with E-state index in [2.05, 4.69) is 0 Å².